The first-order valence-corrected chi connectivity index (χ1v) is 7.07. The Morgan fingerprint density at radius 3 is 2.75 bits per heavy atom. The van der Waals surface area contributed by atoms with Crippen molar-refractivity contribution in [1.29, 1.82) is 0 Å². The number of nitrogens with one attached hydrogen (secondary N) is 2. The van der Waals surface area contributed by atoms with Gasteiger partial charge in [0.15, 0.2) is 11.5 Å². The first kappa shape index (κ1) is 14.5. The summed E-state index contributed by atoms with van der Waals surface area (Å²) in [6, 6.07) is 5.37. The maximum atomic E-state index is 12.0. The molecule has 0 spiro atoms. The summed E-state index contributed by atoms with van der Waals surface area (Å²) in [5, 5.41) is 5.84. The van der Waals surface area contributed by atoms with E-state index in [0.29, 0.717) is 23.1 Å². The van der Waals surface area contributed by atoms with E-state index in [4.69, 9.17) is 9.47 Å². The first-order chi connectivity index (χ1) is 9.60. The van der Waals surface area contributed by atoms with Gasteiger partial charge in [0.2, 0.25) is 6.79 Å². The van der Waals surface area contributed by atoms with Crippen LogP contribution in [0.4, 0.5) is 10.5 Å². The van der Waals surface area contributed by atoms with Crippen molar-refractivity contribution in [3.05, 3.63) is 18.2 Å². The number of rotatable bonds is 5. The molecule has 1 aromatic carbocycles. The van der Waals surface area contributed by atoms with Crippen LogP contribution in [0.5, 0.6) is 11.5 Å². The van der Waals surface area contributed by atoms with Crippen LogP contribution in [0.3, 0.4) is 0 Å². The molecule has 0 saturated heterocycles. The van der Waals surface area contributed by atoms with Crippen LogP contribution in [0.2, 0.25) is 0 Å². The lowest BCUT2D eigenvalue weighted by molar-refractivity contribution is 0.174. The number of carbonyl (C=O) groups is 1. The lowest BCUT2D eigenvalue weighted by Gasteiger charge is -2.22. The Morgan fingerprint density at radius 1 is 1.30 bits per heavy atom. The van der Waals surface area contributed by atoms with Crippen molar-refractivity contribution in [3.8, 4) is 11.5 Å². The number of hydrogen-bond acceptors (Lipinski definition) is 3. The molecule has 2 amide bonds. The van der Waals surface area contributed by atoms with Crippen molar-refractivity contribution < 1.29 is 14.3 Å². The summed E-state index contributed by atoms with van der Waals surface area (Å²) in [7, 11) is 0. The van der Waals surface area contributed by atoms with Crippen LogP contribution in [0.1, 0.15) is 33.6 Å². The third-order valence-corrected chi connectivity index (χ3v) is 3.35. The highest BCUT2D eigenvalue weighted by Crippen LogP contribution is 2.34. The Kier molecular flexibility index (Phi) is 4.71. The minimum Gasteiger partial charge on any atom is -0.454 e. The summed E-state index contributed by atoms with van der Waals surface area (Å²) in [6.07, 6.45) is 2.03. The summed E-state index contributed by atoms with van der Waals surface area (Å²) in [5.74, 6) is 1.79. The number of fused-ring (bicyclic) bond motifs is 1. The molecule has 5 nitrogen and oxygen atoms in total. The zero-order valence-electron chi connectivity index (χ0n) is 12.2. The maximum absolute atomic E-state index is 12.0. The summed E-state index contributed by atoms with van der Waals surface area (Å²) in [5.41, 5.74) is 0.700. The van der Waals surface area contributed by atoms with Crippen LogP contribution in [-0.4, -0.2) is 18.9 Å². The van der Waals surface area contributed by atoms with Crippen molar-refractivity contribution in [1.82, 2.24) is 5.32 Å². The molecule has 1 aromatic rings. The summed E-state index contributed by atoms with van der Waals surface area (Å²) in [6.45, 7) is 6.58. The number of anilines is 1. The Hall–Kier alpha value is -1.91. The van der Waals surface area contributed by atoms with Gasteiger partial charge in [-0.05, 0) is 24.5 Å². The summed E-state index contributed by atoms with van der Waals surface area (Å²) in [4.78, 5) is 12.0. The highest BCUT2D eigenvalue weighted by atomic mass is 16.7. The topological polar surface area (TPSA) is 59.6 Å². The van der Waals surface area contributed by atoms with Gasteiger partial charge in [-0.15, -0.1) is 0 Å². The lowest BCUT2D eigenvalue weighted by Crippen LogP contribution is -2.40. The monoisotopic (exact) mass is 278 g/mol. The SMILES string of the molecule is CCCC(NC(=O)Nc1ccc2c(c1)OCO2)C(C)C. The van der Waals surface area contributed by atoms with Crippen LogP contribution >= 0.6 is 0 Å². The molecule has 0 saturated carbocycles. The van der Waals surface area contributed by atoms with Gasteiger partial charge in [-0.3, -0.25) is 0 Å². The molecule has 0 aromatic heterocycles. The Bertz CT molecular complexity index is 474. The predicted molar refractivity (Wildman–Crippen MR) is 78.3 cm³/mol. The second-order valence-corrected chi connectivity index (χ2v) is 5.31. The highest BCUT2D eigenvalue weighted by Gasteiger charge is 2.17. The molecule has 1 aliphatic heterocycles. The Balaban J connectivity index is 1.94. The maximum Gasteiger partial charge on any atom is 0.319 e. The van der Waals surface area contributed by atoms with Gasteiger partial charge in [0, 0.05) is 17.8 Å². The fraction of sp³-hybridized carbons (Fsp3) is 0.533. The molecule has 20 heavy (non-hydrogen) atoms. The quantitative estimate of drug-likeness (QED) is 0.868. The van der Waals surface area contributed by atoms with Crippen molar-refractivity contribution in [2.45, 2.75) is 39.7 Å². The smallest absolute Gasteiger partial charge is 0.319 e. The first-order valence-electron chi connectivity index (χ1n) is 7.07. The molecule has 1 atom stereocenters. The molecule has 0 aliphatic carbocycles. The Morgan fingerprint density at radius 2 is 2.05 bits per heavy atom. The molecule has 1 heterocycles. The molecule has 0 bridgehead atoms. The molecule has 0 fully saturated rings. The average Bonchev–Trinajstić information content (AvgIpc) is 2.85. The predicted octanol–water partition coefficient (Wildman–Crippen LogP) is 3.36. The lowest BCUT2D eigenvalue weighted by atomic mass is 10.00. The third kappa shape index (κ3) is 3.56. The minimum atomic E-state index is -0.184. The molecule has 5 heteroatoms. The van der Waals surface area contributed by atoms with Gasteiger partial charge in [0.05, 0.1) is 0 Å². The second kappa shape index (κ2) is 6.50. The zero-order chi connectivity index (χ0) is 14.5. The summed E-state index contributed by atoms with van der Waals surface area (Å²) < 4.78 is 10.5. The second-order valence-electron chi connectivity index (χ2n) is 5.31. The Labute approximate surface area is 119 Å². The van der Waals surface area contributed by atoms with Crippen LogP contribution < -0.4 is 20.1 Å². The van der Waals surface area contributed by atoms with Crippen molar-refractivity contribution in [2.24, 2.45) is 5.92 Å². The molecule has 2 N–H and O–H groups in total. The van der Waals surface area contributed by atoms with E-state index >= 15 is 0 Å². The molecule has 1 unspecified atom stereocenters. The third-order valence-electron chi connectivity index (χ3n) is 3.35. The van der Waals surface area contributed by atoms with E-state index in [1.165, 1.54) is 0 Å². The van der Waals surface area contributed by atoms with Crippen LogP contribution in [-0.2, 0) is 0 Å². The van der Waals surface area contributed by atoms with E-state index in [-0.39, 0.29) is 18.9 Å². The number of carbonyl (C=O) groups excluding carboxylic acids is 1. The van der Waals surface area contributed by atoms with Crippen LogP contribution in [0, 0.1) is 5.92 Å². The minimum absolute atomic E-state index is 0.184. The van der Waals surface area contributed by atoms with E-state index in [2.05, 4.69) is 31.4 Å². The standard InChI is InChI=1S/C15H22N2O3/c1-4-5-12(10(2)3)17-15(18)16-11-6-7-13-14(8-11)20-9-19-13/h6-8,10,12H,4-5,9H2,1-3H3,(H2,16,17,18). The van der Waals surface area contributed by atoms with Crippen molar-refractivity contribution in [2.75, 3.05) is 12.1 Å². The van der Waals surface area contributed by atoms with Gasteiger partial charge in [-0.25, -0.2) is 4.79 Å². The van der Waals surface area contributed by atoms with Crippen molar-refractivity contribution in [3.63, 3.8) is 0 Å². The van der Waals surface area contributed by atoms with Gasteiger partial charge in [-0.2, -0.15) is 0 Å². The van der Waals surface area contributed by atoms with E-state index in [9.17, 15) is 4.79 Å². The van der Waals surface area contributed by atoms with Gasteiger partial charge < -0.3 is 20.1 Å². The number of hydrogen-bond donors (Lipinski definition) is 2. The molecule has 1 aliphatic rings. The van der Waals surface area contributed by atoms with Crippen LogP contribution in [0.25, 0.3) is 0 Å². The van der Waals surface area contributed by atoms with E-state index in [1.807, 2.05) is 0 Å². The van der Waals surface area contributed by atoms with E-state index < -0.39 is 0 Å². The number of amides is 2. The zero-order valence-corrected chi connectivity index (χ0v) is 12.2. The number of ether oxygens (including phenoxy) is 2. The van der Waals surface area contributed by atoms with Gasteiger partial charge in [0.1, 0.15) is 0 Å². The van der Waals surface area contributed by atoms with Gasteiger partial charge in [-0.1, -0.05) is 27.2 Å². The molecular weight excluding hydrogens is 256 g/mol. The van der Waals surface area contributed by atoms with E-state index in [1.54, 1.807) is 18.2 Å². The largest absolute Gasteiger partial charge is 0.454 e. The van der Waals surface area contributed by atoms with Gasteiger partial charge in [0.25, 0.3) is 0 Å². The number of benzene rings is 1. The number of urea groups is 1. The highest BCUT2D eigenvalue weighted by molar-refractivity contribution is 5.89. The molecule has 0 radical (unpaired) electrons. The fourth-order valence-corrected chi connectivity index (χ4v) is 2.19. The van der Waals surface area contributed by atoms with Crippen LogP contribution in [0.15, 0.2) is 18.2 Å². The fourth-order valence-electron chi connectivity index (χ4n) is 2.19. The van der Waals surface area contributed by atoms with Gasteiger partial charge >= 0.3 is 6.03 Å². The molecule has 2 rings (SSSR count). The van der Waals surface area contributed by atoms with E-state index in [0.717, 1.165) is 12.8 Å². The normalized spacial score (nSPS) is 14.2. The van der Waals surface area contributed by atoms with Crippen molar-refractivity contribution >= 4 is 11.7 Å². The summed E-state index contributed by atoms with van der Waals surface area (Å²) >= 11 is 0. The average molecular weight is 278 g/mol. The molecular formula is C15H22N2O3. The molecule has 110 valence electrons.